The van der Waals surface area contributed by atoms with Crippen molar-refractivity contribution in [2.24, 2.45) is 0 Å². The maximum atomic E-state index is 12.2. The Bertz CT molecular complexity index is 631. The number of rotatable bonds is 4. The van der Waals surface area contributed by atoms with Gasteiger partial charge in [0.2, 0.25) is 5.91 Å². The van der Waals surface area contributed by atoms with Crippen molar-refractivity contribution in [2.45, 2.75) is 48.7 Å². The number of carbonyl (C=O) groups excluding carboxylic acids is 1. The summed E-state index contributed by atoms with van der Waals surface area (Å²) in [5, 5.41) is 2.92. The van der Waals surface area contributed by atoms with Crippen LogP contribution in [0.4, 0.5) is 0 Å². The van der Waals surface area contributed by atoms with Crippen LogP contribution in [0.15, 0.2) is 35.2 Å². The van der Waals surface area contributed by atoms with Crippen LogP contribution in [0.2, 0.25) is 0 Å². The van der Waals surface area contributed by atoms with E-state index in [1.165, 1.54) is 25.0 Å². The van der Waals surface area contributed by atoms with E-state index in [4.69, 9.17) is 0 Å². The van der Waals surface area contributed by atoms with Crippen LogP contribution >= 0.6 is 0 Å². The number of piperidine rings is 1. The highest BCUT2D eigenvalue weighted by atomic mass is 32.2. The number of hydrogen-bond acceptors (Lipinski definition) is 4. The SMILES string of the molecule is CN1C2CCC1CC(NC(=O)CS(=O)(=O)c1ccccc1)C2. The highest BCUT2D eigenvalue weighted by Gasteiger charge is 2.39. The molecule has 2 aliphatic heterocycles. The Kier molecular flexibility index (Phi) is 4.23. The van der Waals surface area contributed by atoms with Crippen LogP contribution in [0.3, 0.4) is 0 Å². The van der Waals surface area contributed by atoms with Crippen molar-refractivity contribution in [1.29, 1.82) is 0 Å². The Morgan fingerprint density at radius 3 is 2.36 bits per heavy atom. The number of carbonyl (C=O) groups is 1. The van der Waals surface area contributed by atoms with E-state index in [1.807, 2.05) is 0 Å². The molecule has 2 heterocycles. The highest BCUT2D eigenvalue weighted by molar-refractivity contribution is 7.92. The average molecular weight is 322 g/mol. The Labute approximate surface area is 131 Å². The van der Waals surface area contributed by atoms with E-state index >= 15 is 0 Å². The first-order chi connectivity index (χ1) is 10.5. The molecule has 1 aromatic carbocycles. The molecule has 0 radical (unpaired) electrons. The largest absolute Gasteiger partial charge is 0.352 e. The normalized spacial score (nSPS) is 28.5. The lowest BCUT2D eigenvalue weighted by molar-refractivity contribution is -0.119. The number of nitrogens with zero attached hydrogens (tertiary/aromatic N) is 1. The highest BCUT2D eigenvalue weighted by Crippen LogP contribution is 2.34. The predicted molar refractivity (Wildman–Crippen MR) is 84.2 cm³/mol. The van der Waals surface area contributed by atoms with Gasteiger partial charge in [0, 0.05) is 18.1 Å². The van der Waals surface area contributed by atoms with E-state index in [2.05, 4.69) is 17.3 Å². The van der Waals surface area contributed by atoms with Gasteiger partial charge in [0.05, 0.1) is 4.90 Å². The molecule has 1 N–H and O–H groups in total. The summed E-state index contributed by atoms with van der Waals surface area (Å²) in [6, 6.07) is 9.29. The van der Waals surface area contributed by atoms with Gasteiger partial charge in [-0.3, -0.25) is 4.79 Å². The van der Waals surface area contributed by atoms with E-state index in [0.717, 1.165) is 12.8 Å². The lowest BCUT2D eigenvalue weighted by Crippen LogP contribution is -2.49. The standard InChI is InChI=1S/C16H22N2O3S/c1-18-13-7-8-14(18)10-12(9-13)17-16(19)11-22(20,21)15-5-3-2-4-6-15/h2-6,12-14H,7-11H2,1H3,(H,17,19). The van der Waals surface area contributed by atoms with Gasteiger partial charge in [-0.15, -0.1) is 0 Å². The summed E-state index contributed by atoms with van der Waals surface area (Å²) in [4.78, 5) is 14.7. The van der Waals surface area contributed by atoms with E-state index < -0.39 is 21.5 Å². The number of amides is 1. The molecular weight excluding hydrogens is 300 g/mol. The summed E-state index contributed by atoms with van der Waals surface area (Å²) in [6.07, 6.45) is 4.19. The van der Waals surface area contributed by atoms with Crippen molar-refractivity contribution >= 4 is 15.7 Å². The molecule has 3 rings (SSSR count). The summed E-state index contributed by atoms with van der Waals surface area (Å²) in [6.45, 7) is 0. The molecule has 2 fully saturated rings. The van der Waals surface area contributed by atoms with Gasteiger partial charge in [0.1, 0.15) is 5.75 Å². The number of sulfone groups is 1. The fraction of sp³-hybridized carbons (Fsp3) is 0.562. The van der Waals surface area contributed by atoms with E-state index in [9.17, 15) is 13.2 Å². The summed E-state index contributed by atoms with van der Waals surface area (Å²) < 4.78 is 24.4. The van der Waals surface area contributed by atoms with Crippen molar-refractivity contribution in [3.63, 3.8) is 0 Å². The molecule has 22 heavy (non-hydrogen) atoms. The molecule has 6 heteroatoms. The Hall–Kier alpha value is -1.40. The molecule has 2 aliphatic rings. The van der Waals surface area contributed by atoms with Crippen molar-refractivity contribution in [3.05, 3.63) is 30.3 Å². The molecule has 0 aromatic heterocycles. The molecule has 1 amide bonds. The van der Waals surface area contributed by atoms with Gasteiger partial charge in [-0.05, 0) is 44.9 Å². The summed E-state index contributed by atoms with van der Waals surface area (Å²) in [5.74, 6) is -0.864. The van der Waals surface area contributed by atoms with Crippen molar-refractivity contribution in [2.75, 3.05) is 12.8 Å². The topological polar surface area (TPSA) is 66.5 Å². The van der Waals surface area contributed by atoms with Crippen LogP contribution in [0.1, 0.15) is 25.7 Å². The number of hydrogen-bond donors (Lipinski definition) is 1. The van der Waals surface area contributed by atoms with Gasteiger partial charge in [0.25, 0.3) is 0 Å². The van der Waals surface area contributed by atoms with Gasteiger partial charge >= 0.3 is 0 Å². The van der Waals surface area contributed by atoms with Crippen LogP contribution in [-0.4, -0.2) is 50.2 Å². The number of benzene rings is 1. The second-order valence-corrected chi connectivity index (χ2v) is 8.35. The molecule has 0 spiro atoms. The monoisotopic (exact) mass is 322 g/mol. The van der Waals surface area contributed by atoms with Crippen LogP contribution in [0.5, 0.6) is 0 Å². The summed E-state index contributed by atoms with van der Waals surface area (Å²) in [5.41, 5.74) is 0. The van der Waals surface area contributed by atoms with Gasteiger partial charge in [0.15, 0.2) is 9.84 Å². The zero-order chi connectivity index (χ0) is 15.7. The summed E-state index contributed by atoms with van der Waals surface area (Å²) in [7, 11) is -1.42. The van der Waals surface area contributed by atoms with Gasteiger partial charge < -0.3 is 10.2 Å². The number of fused-ring (bicyclic) bond motifs is 2. The van der Waals surface area contributed by atoms with Crippen molar-refractivity contribution < 1.29 is 13.2 Å². The van der Waals surface area contributed by atoms with Gasteiger partial charge in [-0.1, -0.05) is 18.2 Å². The molecule has 1 aromatic rings. The van der Waals surface area contributed by atoms with Crippen LogP contribution < -0.4 is 5.32 Å². The van der Waals surface area contributed by atoms with Crippen LogP contribution in [-0.2, 0) is 14.6 Å². The minimum atomic E-state index is -3.55. The first kappa shape index (κ1) is 15.5. The maximum absolute atomic E-state index is 12.2. The molecule has 5 nitrogen and oxygen atoms in total. The third-order valence-electron chi connectivity index (χ3n) is 4.89. The van der Waals surface area contributed by atoms with Crippen molar-refractivity contribution in [1.82, 2.24) is 10.2 Å². The molecule has 120 valence electrons. The molecule has 2 unspecified atom stereocenters. The van der Waals surface area contributed by atoms with Crippen LogP contribution in [0, 0.1) is 0 Å². The first-order valence-corrected chi connectivity index (χ1v) is 9.40. The Balaban J connectivity index is 1.59. The second kappa shape index (κ2) is 6.01. The third-order valence-corrected chi connectivity index (χ3v) is 6.52. The lowest BCUT2D eigenvalue weighted by atomic mass is 9.98. The molecular formula is C16H22N2O3S. The smallest absolute Gasteiger partial charge is 0.235 e. The lowest BCUT2D eigenvalue weighted by Gasteiger charge is -2.36. The van der Waals surface area contributed by atoms with E-state index in [0.29, 0.717) is 12.1 Å². The summed E-state index contributed by atoms with van der Waals surface area (Å²) >= 11 is 0. The fourth-order valence-electron chi connectivity index (χ4n) is 3.68. The maximum Gasteiger partial charge on any atom is 0.235 e. The quantitative estimate of drug-likeness (QED) is 0.904. The molecule has 2 atom stereocenters. The third kappa shape index (κ3) is 3.17. The first-order valence-electron chi connectivity index (χ1n) is 7.75. The number of nitrogens with one attached hydrogen (secondary N) is 1. The average Bonchev–Trinajstić information content (AvgIpc) is 2.70. The predicted octanol–water partition coefficient (Wildman–Crippen LogP) is 1.20. The second-order valence-electron chi connectivity index (χ2n) is 6.36. The van der Waals surface area contributed by atoms with E-state index in [-0.39, 0.29) is 10.9 Å². The minimum absolute atomic E-state index is 0.104. The zero-order valence-electron chi connectivity index (χ0n) is 12.7. The van der Waals surface area contributed by atoms with Crippen molar-refractivity contribution in [3.8, 4) is 0 Å². The van der Waals surface area contributed by atoms with Crippen LogP contribution in [0.25, 0.3) is 0 Å². The van der Waals surface area contributed by atoms with Gasteiger partial charge in [-0.2, -0.15) is 0 Å². The van der Waals surface area contributed by atoms with Gasteiger partial charge in [-0.25, -0.2) is 8.42 Å². The fourth-order valence-corrected chi connectivity index (χ4v) is 4.85. The Morgan fingerprint density at radius 2 is 1.77 bits per heavy atom. The molecule has 2 bridgehead atoms. The Morgan fingerprint density at radius 1 is 1.18 bits per heavy atom. The molecule has 0 saturated carbocycles. The van der Waals surface area contributed by atoms with E-state index in [1.54, 1.807) is 18.2 Å². The minimum Gasteiger partial charge on any atom is -0.352 e. The zero-order valence-corrected chi connectivity index (χ0v) is 13.6. The molecule has 0 aliphatic carbocycles. The molecule has 2 saturated heterocycles.